The van der Waals surface area contributed by atoms with Crippen molar-refractivity contribution < 1.29 is 4.79 Å². The highest BCUT2D eigenvalue weighted by molar-refractivity contribution is 5.78. The molecule has 0 saturated heterocycles. The molecular formula is C12H22N2O. The van der Waals surface area contributed by atoms with Gasteiger partial charge in [0.1, 0.15) is 0 Å². The van der Waals surface area contributed by atoms with E-state index in [2.05, 4.69) is 24.1 Å². The maximum atomic E-state index is 11.4. The van der Waals surface area contributed by atoms with E-state index in [1.807, 2.05) is 0 Å². The molecule has 1 rings (SSSR count). The molecule has 0 heterocycles. The van der Waals surface area contributed by atoms with E-state index >= 15 is 0 Å². The maximum Gasteiger partial charge on any atom is 0.233 e. The lowest BCUT2D eigenvalue weighted by Gasteiger charge is -2.14. The summed E-state index contributed by atoms with van der Waals surface area (Å²) >= 11 is 0. The summed E-state index contributed by atoms with van der Waals surface area (Å²) in [6.07, 6.45) is 6.77. The molecule has 3 nitrogen and oxygen atoms in total. The molecule has 1 fully saturated rings. The normalized spacial score (nSPS) is 17.1. The number of hydrogen-bond acceptors (Lipinski definition) is 2. The highest BCUT2D eigenvalue weighted by atomic mass is 16.1. The highest BCUT2D eigenvalue weighted by Crippen LogP contribution is 2.48. The van der Waals surface area contributed by atoms with Gasteiger partial charge >= 0.3 is 0 Å². The second-order valence-electron chi connectivity index (χ2n) is 4.45. The fourth-order valence-electron chi connectivity index (χ4n) is 1.86. The molecule has 0 aliphatic heterocycles. The zero-order chi connectivity index (χ0) is 11.1. The van der Waals surface area contributed by atoms with Crippen LogP contribution >= 0.6 is 0 Å². The van der Waals surface area contributed by atoms with Gasteiger partial charge in [0.15, 0.2) is 0 Å². The SMILES string of the molecule is C=CCNCC(=O)NCC1(CCC)CC1. The van der Waals surface area contributed by atoms with E-state index in [-0.39, 0.29) is 5.91 Å². The number of hydrogen-bond donors (Lipinski definition) is 2. The van der Waals surface area contributed by atoms with Gasteiger partial charge in [-0.1, -0.05) is 19.4 Å². The third-order valence-corrected chi connectivity index (χ3v) is 2.97. The molecule has 0 spiro atoms. The zero-order valence-corrected chi connectivity index (χ0v) is 9.64. The quantitative estimate of drug-likeness (QED) is 0.470. The summed E-state index contributed by atoms with van der Waals surface area (Å²) in [5.41, 5.74) is 0.447. The van der Waals surface area contributed by atoms with Crippen molar-refractivity contribution in [3.63, 3.8) is 0 Å². The lowest BCUT2D eigenvalue weighted by atomic mass is 10.0. The molecule has 15 heavy (non-hydrogen) atoms. The number of rotatable bonds is 8. The minimum absolute atomic E-state index is 0.0965. The van der Waals surface area contributed by atoms with Gasteiger partial charge in [-0.3, -0.25) is 4.79 Å². The molecule has 1 amide bonds. The van der Waals surface area contributed by atoms with Gasteiger partial charge in [0.25, 0.3) is 0 Å². The summed E-state index contributed by atoms with van der Waals surface area (Å²) in [4.78, 5) is 11.4. The standard InChI is InChI=1S/C12H22N2O/c1-3-5-12(6-7-12)10-14-11(15)9-13-8-4-2/h4,13H,2-3,5-10H2,1H3,(H,14,15). The largest absolute Gasteiger partial charge is 0.354 e. The van der Waals surface area contributed by atoms with Crippen LogP contribution in [0.3, 0.4) is 0 Å². The van der Waals surface area contributed by atoms with Crippen molar-refractivity contribution in [2.45, 2.75) is 32.6 Å². The molecule has 0 bridgehead atoms. The summed E-state index contributed by atoms with van der Waals surface area (Å²) < 4.78 is 0. The highest BCUT2D eigenvalue weighted by Gasteiger charge is 2.41. The van der Waals surface area contributed by atoms with Crippen LogP contribution in [-0.2, 0) is 4.79 Å². The van der Waals surface area contributed by atoms with Gasteiger partial charge in [-0.15, -0.1) is 6.58 Å². The Bertz CT molecular complexity index is 222. The molecule has 1 aliphatic carbocycles. The fraction of sp³-hybridized carbons (Fsp3) is 0.750. The number of carbonyl (C=O) groups excluding carboxylic acids is 1. The maximum absolute atomic E-state index is 11.4. The first-order valence-electron chi connectivity index (χ1n) is 5.81. The van der Waals surface area contributed by atoms with E-state index in [0.29, 0.717) is 18.5 Å². The average Bonchev–Trinajstić information content (AvgIpc) is 2.97. The molecular weight excluding hydrogens is 188 g/mol. The van der Waals surface area contributed by atoms with Crippen LogP contribution in [0.15, 0.2) is 12.7 Å². The Hall–Kier alpha value is -0.830. The first-order chi connectivity index (χ1) is 7.22. The predicted octanol–water partition coefficient (Wildman–Crippen LogP) is 1.46. The monoisotopic (exact) mass is 210 g/mol. The van der Waals surface area contributed by atoms with Crippen LogP contribution in [0.2, 0.25) is 0 Å². The van der Waals surface area contributed by atoms with Crippen LogP contribution in [0.25, 0.3) is 0 Å². The Balaban J connectivity index is 2.08. The van der Waals surface area contributed by atoms with Crippen LogP contribution in [-0.4, -0.2) is 25.5 Å². The smallest absolute Gasteiger partial charge is 0.233 e. The average molecular weight is 210 g/mol. The van der Waals surface area contributed by atoms with Gasteiger partial charge in [0, 0.05) is 13.1 Å². The van der Waals surface area contributed by atoms with Gasteiger partial charge in [0.2, 0.25) is 5.91 Å². The molecule has 1 saturated carbocycles. The van der Waals surface area contributed by atoms with Crippen LogP contribution in [0.5, 0.6) is 0 Å². The minimum Gasteiger partial charge on any atom is -0.354 e. The first kappa shape index (κ1) is 12.2. The van der Waals surface area contributed by atoms with E-state index in [0.717, 1.165) is 6.54 Å². The third-order valence-electron chi connectivity index (χ3n) is 2.97. The second-order valence-corrected chi connectivity index (χ2v) is 4.45. The van der Waals surface area contributed by atoms with Crippen LogP contribution in [0.1, 0.15) is 32.6 Å². The Morgan fingerprint density at radius 3 is 2.80 bits per heavy atom. The van der Waals surface area contributed by atoms with Crippen molar-refractivity contribution >= 4 is 5.91 Å². The third kappa shape index (κ3) is 4.47. The molecule has 0 unspecified atom stereocenters. The zero-order valence-electron chi connectivity index (χ0n) is 9.64. The minimum atomic E-state index is 0.0965. The lowest BCUT2D eigenvalue weighted by Crippen LogP contribution is -2.37. The number of amides is 1. The van der Waals surface area contributed by atoms with Gasteiger partial charge in [-0.25, -0.2) is 0 Å². The van der Waals surface area contributed by atoms with Crippen molar-refractivity contribution in [3.05, 3.63) is 12.7 Å². The summed E-state index contributed by atoms with van der Waals surface area (Å²) in [5, 5.41) is 5.99. The van der Waals surface area contributed by atoms with E-state index in [1.165, 1.54) is 25.7 Å². The number of nitrogens with one attached hydrogen (secondary N) is 2. The lowest BCUT2D eigenvalue weighted by molar-refractivity contribution is -0.120. The van der Waals surface area contributed by atoms with Crippen LogP contribution < -0.4 is 10.6 Å². The Morgan fingerprint density at radius 1 is 1.53 bits per heavy atom. The van der Waals surface area contributed by atoms with Gasteiger partial charge in [-0.05, 0) is 24.7 Å². The van der Waals surface area contributed by atoms with Crippen LogP contribution in [0, 0.1) is 5.41 Å². The van der Waals surface area contributed by atoms with Crippen molar-refractivity contribution in [2.75, 3.05) is 19.6 Å². The molecule has 0 aromatic heterocycles. The van der Waals surface area contributed by atoms with Gasteiger partial charge < -0.3 is 10.6 Å². The summed E-state index contributed by atoms with van der Waals surface area (Å²) in [5.74, 6) is 0.0965. The van der Waals surface area contributed by atoms with E-state index in [9.17, 15) is 4.79 Å². The van der Waals surface area contributed by atoms with E-state index < -0.39 is 0 Å². The van der Waals surface area contributed by atoms with Crippen molar-refractivity contribution in [3.8, 4) is 0 Å². The second kappa shape index (κ2) is 5.91. The van der Waals surface area contributed by atoms with Crippen molar-refractivity contribution in [1.82, 2.24) is 10.6 Å². The van der Waals surface area contributed by atoms with E-state index in [1.54, 1.807) is 6.08 Å². The van der Waals surface area contributed by atoms with Crippen molar-refractivity contribution in [2.24, 2.45) is 5.41 Å². The van der Waals surface area contributed by atoms with Gasteiger partial charge in [0.05, 0.1) is 6.54 Å². The topological polar surface area (TPSA) is 41.1 Å². The fourth-order valence-corrected chi connectivity index (χ4v) is 1.86. The molecule has 1 aliphatic rings. The molecule has 3 heteroatoms. The van der Waals surface area contributed by atoms with E-state index in [4.69, 9.17) is 0 Å². The first-order valence-corrected chi connectivity index (χ1v) is 5.81. The molecule has 86 valence electrons. The molecule has 0 radical (unpaired) electrons. The van der Waals surface area contributed by atoms with Gasteiger partial charge in [-0.2, -0.15) is 0 Å². The summed E-state index contributed by atoms with van der Waals surface area (Å²) in [6.45, 7) is 7.73. The molecule has 2 N–H and O–H groups in total. The Labute approximate surface area is 92.3 Å². The summed E-state index contributed by atoms with van der Waals surface area (Å²) in [6, 6.07) is 0. The predicted molar refractivity (Wildman–Crippen MR) is 62.7 cm³/mol. The Kier molecular flexibility index (Phi) is 4.82. The Morgan fingerprint density at radius 2 is 2.27 bits per heavy atom. The van der Waals surface area contributed by atoms with Crippen LogP contribution in [0.4, 0.5) is 0 Å². The molecule has 0 aromatic carbocycles. The number of carbonyl (C=O) groups is 1. The molecule has 0 atom stereocenters. The summed E-state index contributed by atoms with van der Waals surface area (Å²) in [7, 11) is 0. The molecule has 0 aromatic rings. The van der Waals surface area contributed by atoms with Crippen molar-refractivity contribution in [1.29, 1.82) is 0 Å².